The Labute approximate surface area is 91.9 Å². The average molecular weight is 208 g/mol. The Balaban J connectivity index is 2.81. The van der Waals surface area contributed by atoms with Crippen LogP contribution >= 0.6 is 0 Å². The van der Waals surface area contributed by atoms with Crippen LogP contribution < -0.4 is 0 Å². The molecule has 0 saturated heterocycles. The third-order valence-corrected chi connectivity index (χ3v) is 2.41. The van der Waals surface area contributed by atoms with Crippen LogP contribution in [0.15, 0.2) is 24.3 Å². The predicted molar refractivity (Wildman–Crippen MR) is 61.6 cm³/mol. The lowest BCUT2D eigenvalue weighted by molar-refractivity contribution is 0.142. The molecular formula is C13H20O2. The molecule has 0 radical (unpaired) electrons. The van der Waals surface area contributed by atoms with Crippen molar-refractivity contribution in [2.75, 3.05) is 7.11 Å². The number of aliphatic hydroxyl groups excluding tert-OH is 1. The van der Waals surface area contributed by atoms with Crippen LogP contribution in [0.5, 0.6) is 0 Å². The Hall–Kier alpha value is -0.860. The molecule has 0 amide bonds. The summed E-state index contributed by atoms with van der Waals surface area (Å²) in [5.41, 5.74) is 2.07. The molecule has 1 rings (SSSR count). The Morgan fingerprint density at radius 2 is 1.93 bits per heavy atom. The second kappa shape index (κ2) is 5.89. The van der Waals surface area contributed by atoms with Crippen molar-refractivity contribution in [3.63, 3.8) is 0 Å². The van der Waals surface area contributed by atoms with Crippen LogP contribution in [0, 0.1) is 5.92 Å². The van der Waals surface area contributed by atoms with Crippen LogP contribution in [-0.2, 0) is 11.3 Å². The molecule has 0 heterocycles. The van der Waals surface area contributed by atoms with Gasteiger partial charge in [0.25, 0.3) is 0 Å². The molecule has 0 aliphatic carbocycles. The van der Waals surface area contributed by atoms with Gasteiger partial charge in [0.05, 0.1) is 12.7 Å². The molecule has 0 saturated carbocycles. The lowest BCUT2D eigenvalue weighted by Gasteiger charge is -2.16. The summed E-state index contributed by atoms with van der Waals surface area (Å²) in [5, 5.41) is 10.0. The lowest BCUT2D eigenvalue weighted by atomic mass is 9.96. The maximum Gasteiger partial charge on any atom is 0.0796 e. The van der Waals surface area contributed by atoms with E-state index in [4.69, 9.17) is 4.74 Å². The van der Waals surface area contributed by atoms with Crippen LogP contribution in [0.3, 0.4) is 0 Å². The van der Waals surface area contributed by atoms with Crippen molar-refractivity contribution in [2.24, 2.45) is 5.92 Å². The van der Waals surface area contributed by atoms with E-state index < -0.39 is 0 Å². The maximum atomic E-state index is 10.0. The van der Waals surface area contributed by atoms with Gasteiger partial charge < -0.3 is 9.84 Å². The minimum atomic E-state index is -0.378. The molecule has 2 heteroatoms. The second-order valence-corrected chi connectivity index (χ2v) is 4.28. The highest BCUT2D eigenvalue weighted by Crippen LogP contribution is 2.24. The van der Waals surface area contributed by atoms with E-state index >= 15 is 0 Å². The molecule has 0 aliphatic heterocycles. The highest BCUT2D eigenvalue weighted by molar-refractivity contribution is 5.28. The van der Waals surface area contributed by atoms with E-state index in [0.29, 0.717) is 12.5 Å². The molecule has 1 unspecified atom stereocenters. The van der Waals surface area contributed by atoms with Crippen molar-refractivity contribution in [2.45, 2.75) is 33.0 Å². The van der Waals surface area contributed by atoms with Crippen molar-refractivity contribution in [1.82, 2.24) is 0 Å². The van der Waals surface area contributed by atoms with Crippen LogP contribution in [0.2, 0.25) is 0 Å². The first-order chi connectivity index (χ1) is 7.15. The van der Waals surface area contributed by atoms with Gasteiger partial charge in [-0.25, -0.2) is 0 Å². The van der Waals surface area contributed by atoms with Gasteiger partial charge in [-0.05, 0) is 23.5 Å². The van der Waals surface area contributed by atoms with Crippen molar-refractivity contribution < 1.29 is 9.84 Å². The zero-order valence-corrected chi connectivity index (χ0v) is 9.73. The van der Waals surface area contributed by atoms with Gasteiger partial charge in [-0.15, -0.1) is 0 Å². The van der Waals surface area contributed by atoms with Crippen molar-refractivity contribution in [1.29, 1.82) is 0 Å². The van der Waals surface area contributed by atoms with Crippen LogP contribution in [0.1, 0.15) is 37.5 Å². The molecule has 1 N–H and O–H groups in total. The van der Waals surface area contributed by atoms with Gasteiger partial charge in [0.15, 0.2) is 0 Å². The smallest absolute Gasteiger partial charge is 0.0796 e. The predicted octanol–water partition coefficient (Wildman–Crippen LogP) is 2.91. The highest BCUT2D eigenvalue weighted by Gasteiger charge is 2.12. The number of hydrogen-bond donors (Lipinski definition) is 1. The standard InChI is InChI=1S/C13H20O2/c1-10(2)8-13(14)12-7-5-4-6-11(12)9-15-3/h4-7,10,13-14H,8-9H2,1-3H3. The van der Waals surface area contributed by atoms with Gasteiger partial charge in [-0.2, -0.15) is 0 Å². The summed E-state index contributed by atoms with van der Waals surface area (Å²) >= 11 is 0. The zero-order valence-electron chi connectivity index (χ0n) is 9.73. The zero-order chi connectivity index (χ0) is 11.3. The normalized spacial score (nSPS) is 13.1. The van der Waals surface area contributed by atoms with Gasteiger partial charge >= 0.3 is 0 Å². The number of ether oxygens (including phenoxy) is 1. The molecule has 84 valence electrons. The molecule has 1 aromatic rings. The maximum absolute atomic E-state index is 10.0. The monoisotopic (exact) mass is 208 g/mol. The SMILES string of the molecule is COCc1ccccc1C(O)CC(C)C. The summed E-state index contributed by atoms with van der Waals surface area (Å²) in [5.74, 6) is 0.496. The van der Waals surface area contributed by atoms with Gasteiger partial charge in [0, 0.05) is 7.11 Å². The molecule has 0 bridgehead atoms. The number of hydrogen-bond acceptors (Lipinski definition) is 2. The van der Waals surface area contributed by atoms with E-state index in [0.717, 1.165) is 17.5 Å². The molecule has 2 nitrogen and oxygen atoms in total. The summed E-state index contributed by atoms with van der Waals surface area (Å²) < 4.78 is 5.11. The number of rotatable bonds is 5. The van der Waals surface area contributed by atoms with Crippen LogP contribution in [0.4, 0.5) is 0 Å². The van der Waals surface area contributed by atoms with Gasteiger partial charge in [-0.1, -0.05) is 38.1 Å². The summed E-state index contributed by atoms with van der Waals surface area (Å²) in [6.45, 7) is 4.79. The number of methoxy groups -OCH3 is 1. The fraction of sp³-hybridized carbons (Fsp3) is 0.538. The highest BCUT2D eigenvalue weighted by atomic mass is 16.5. The minimum absolute atomic E-state index is 0.378. The van der Waals surface area contributed by atoms with E-state index in [9.17, 15) is 5.11 Å². The Bertz CT molecular complexity index is 294. The lowest BCUT2D eigenvalue weighted by Crippen LogP contribution is -2.05. The summed E-state index contributed by atoms with van der Waals surface area (Å²) in [7, 11) is 1.67. The largest absolute Gasteiger partial charge is 0.388 e. The number of aliphatic hydroxyl groups is 1. The second-order valence-electron chi connectivity index (χ2n) is 4.28. The molecule has 0 spiro atoms. The van der Waals surface area contributed by atoms with E-state index in [1.54, 1.807) is 7.11 Å². The van der Waals surface area contributed by atoms with Gasteiger partial charge in [0.2, 0.25) is 0 Å². The Kier molecular flexibility index (Phi) is 4.79. The number of benzene rings is 1. The van der Waals surface area contributed by atoms with Gasteiger partial charge in [-0.3, -0.25) is 0 Å². The van der Waals surface area contributed by atoms with E-state index in [-0.39, 0.29) is 6.10 Å². The first-order valence-corrected chi connectivity index (χ1v) is 5.40. The minimum Gasteiger partial charge on any atom is -0.388 e. The van der Waals surface area contributed by atoms with Gasteiger partial charge in [0.1, 0.15) is 0 Å². The molecule has 15 heavy (non-hydrogen) atoms. The fourth-order valence-electron chi connectivity index (χ4n) is 1.72. The third-order valence-electron chi connectivity index (χ3n) is 2.41. The van der Waals surface area contributed by atoms with E-state index in [2.05, 4.69) is 13.8 Å². The van der Waals surface area contributed by atoms with Crippen molar-refractivity contribution >= 4 is 0 Å². The fourth-order valence-corrected chi connectivity index (χ4v) is 1.72. The Morgan fingerprint density at radius 1 is 1.27 bits per heavy atom. The average Bonchev–Trinajstić information content (AvgIpc) is 2.18. The molecular weight excluding hydrogens is 188 g/mol. The summed E-state index contributed by atoms with van der Waals surface area (Å²) in [4.78, 5) is 0. The van der Waals surface area contributed by atoms with Crippen LogP contribution in [0.25, 0.3) is 0 Å². The van der Waals surface area contributed by atoms with Crippen molar-refractivity contribution in [3.8, 4) is 0 Å². The molecule has 0 fully saturated rings. The summed E-state index contributed by atoms with van der Waals surface area (Å²) in [6.07, 6.45) is 0.414. The van der Waals surface area contributed by atoms with E-state index in [1.807, 2.05) is 24.3 Å². The van der Waals surface area contributed by atoms with E-state index in [1.165, 1.54) is 0 Å². The summed E-state index contributed by atoms with van der Waals surface area (Å²) in [6, 6.07) is 7.90. The molecule has 0 aliphatic rings. The topological polar surface area (TPSA) is 29.5 Å². The molecule has 1 atom stereocenters. The molecule has 1 aromatic carbocycles. The van der Waals surface area contributed by atoms with Crippen molar-refractivity contribution in [3.05, 3.63) is 35.4 Å². The van der Waals surface area contributed by atoms with Crippen LogP contribution in [-0.4, -0.2) is 12.2 Å². The third kappa shape index (κ3) is 3.65. The quantitative estimate of drug-likeness (QED) is 0.806. The molecule has 0 aromatic heterocycles. The Morgan fingerprint density at radius 3 is 2.53 bits per heavy atom. The first kappa shape index (κ1) is 12.2. The first-order valence-electron chi connectivity index (χ1n) is 5.40.